The summed E-state index contributed by atoms with van der Waals surface area (Å²) in [4.78, 5) is 12.4. The molecule has 0 radical (unpaired) electrons. The zero-order valence-corrected chi connectivity index (χ0v) is 14.5. The minimum absolute atomic E-state index is 0.114. The number of anilines is 3. The molecule has 0 saturated carbocycles. The standard InChI is InChI=1S/C19H18N6O/c1-12(2)26-19-16(8-20)17(21)7-18(25-19)24-15-5-3-13(4-6-15)14-9-22-11-23-10-14/h3-7,9-12H,1-2H3,(H3,21,24,25). The number of ether oxygens (including phenoxy) is 1. The summed E-state index contributed by atoms with van der Waals surface area (Å²) >= 11 is 0. The maximum Gasteiger partial charge on any atom is 0.236 e. The minimum Gasteiger partial charge on any atom is -0.474 e. The summed E-state index contributed by atoms with van der Waals surface area (Å²) in [6, 6.07) is 11.4. The van der Waals surface area contributed by atoms with Crippen LogP contribution in [0.15, 0.2) is 49.1 Å². The number of hydrogen-bond acceptors (Lipinski definition) is 7. The van der Waals surface area contributed by atoms with Crippen LogP contribution in [0, 0.1) is 11.3 Å². The average molecular weight is 346 g/mol. The van der Waals surface area contributed by atoms with Crippen LogP contribution >= 0.6 is 0 Å². The summed E-state index contributed by atoms with van der Waals surface area (Å²) in [6.07, 6.45) is 4.90. The SMILES string of the molecule is CC(C)Oc1nc(Nc2ccc(-c3cncnc3)cc2)cc(N)c1C#N. The second kappa shape index (κ2) is 7.49. The number of nitrogens with one attached hydrogen (secondary N) is 1. The largest absolute Gasteiger partial charge is 0.474 e. The average Bonchev–Trinajstić information content (AvgIpc) is 2.62. The van der Waals surface area contributed by atoms with Crippen LogP contribution in [0.1, 0.15) is 19.4 Å². The van der Waals surface area contributed by atoms with Gasteiger partial charge in [0.05, 0.1) is 11.8 Å². The second-order valence-electron chi connectivity index (χ2n) is 5.88. The van der Waals surface area contributed by atoms with E-state index in [0.717, 1.165) is 16.8 Å². The van der Waals surface area contributed by atoms with Crippen LogP contribution in [0.3, 0.4) is 0 Å². The molecule has 0 spiro atoms. The highest BCUT2D eigenvalue weighted by atomic mass is 16.5. The first kappa shape index (κ1) is 17.2. The molecule has 0 bridgehead atoms. The molecule has 0 aliphatic heterocycles. The number of rotatable bonds is 5. The van der Waals surface area contributed by atoms with Crippen molar-refractivity contribution in [2.75, 3.05) is 11.1 Å². The van der Waals surface area contributed by atoms with Crippen molar-refractivity contribution in [3.63, 3.8) is 0 Å². The highest BCUT2D eigenvalue weighted by Gasteiger charge is 2.13. The summed E-state index contributed by atoms with van der Waals surface area (Å²) in [7, 11) is 0. The smallest absolute Gasteiger partial charge is 0.236 e. The van der Waals surface area contributed by atoms with Gasteiger partial charge in [0.25, 0.3) is 0 Å². The van der Waals surface area contributed by atoms with Gasteiger partial charge >= 0.3 is 0 Å². The Morgan fingerprint density at radius 1 is 1.12 bits per heavy atom. The molecule has 2 heterocycles. The lowest BCUT2D eigenvalue weighted by Crippen LogP contribution is -2.10. The lowest BCUT2D eigenvalue weighted by molar-refractivity contribution is 0.232. The van der Waals surface area contributed by atoms with Gasteiger partial charge in [-0.2, -0.15) is 10.2 Å². The lowest BCUT2D eigenvalue weighted by Gasteiger charge is -2.14. The van der Waals surface area contributed by atoms with Crippen LogP contribution < -0.4 is 15.8 Å². The Labute approximate surface area is 151 Å². The van der Waals surface area contributed by atoms with E-state index < -0.39 is 0 Å². The number of aromatic nitrogens is 3. The quantitative estimate of drug-likeness (QED) is 0.727. The normalized spacial score (nSPS) is 10.4. The Morgan fingerprint density at radius 3 is 2.42 bits per heavy atom. The van der Waals surface area contributed by atoms with E-state index in [2.05, 4.69) is 20.3 Å². The Kier molecular flexibility index (Phi) is 4.94. The van der Waals surface area contributed by atoms with E-state index in [1.165, 1.54) is 6.33 Å². The van der Waals surface area contributed by atoms with E-state index >= 15 is 0 Å². The Hall–Kier alpha value is -3.66. The molecule has 0 aliphatic rings. The third-order valence-electron chi connectivity index (χ3n) is 3.53. The van der Waals surface area contributed by atoms with Crippen molar-refractivity contribution in [3.8, 4) is 23.1 Å². The number of nitrogen functional groups attached to an aromatic ring is 1. The molecule has 7 nitrogen and oxygen atoms in total. The van der Waals surface area contributed by atoms with Crippen LogP contribution in [-0.4, -0.2) is 21.1 Å². The number of benzene rings is 1. The molecule has 3 aromatic rings. The molecule has 26 heavy (non-hydrogen) atoms. The van der Waals surface area contributed by atoms with E-state index in [9.17, 15) is 5.26 Å². The van der Waals surface area contributed by atoms with Crippen LogP contribution in [0.25, 0.3) is 11.1 Å². The minimum atomic E-state index is -0.114. The molecule has 3 N–H and O–H groups in total. The molecule has 0 aliphatic carbocycles. The van der Waals surface area contributed by atoms with Crippen molar-refractivity contribution in [1.29, 1.82) is 5.26 Å². The molecule has 0 fully saturated rings. The topological polar surface area (TPSA) is 110 Å². The Balaban J connectivity index is 1.85. The first-order chi connectivity index (χ1) is 12.6. The first-order valence-electron chi connectivity index (χ1n) is 8.06. The molecule has 3 rings (SSSR count). The van der Waals surface area contributed by atoms with Crippen LogP contribution in [0.5, 0.6) is 5.88 Å². The number of pyridine rings is 1. The van der Waals surface area contributed by atoms with Gasteiger partial charge < -0.3 is 15.8 Å². The van der Waals surface area contributed by atoms with Crippen LogP contribution in [0.4, 0.5) is 17.2 Å². The van der Waals surface area contributed by atoms with Crippen molar-refractivity contribution < 1.29 is 4.74 Å². The van der Waals surface area contributed by atoms with E-state index in [0.29, 0.717) is 11.5 Å². The van der Waals surface area contributed by atoms with Gasteiger partial charge in [-0.3, -0.25) is 0 Å². The van der Waals surface area contributed by atoms with Crippen LogP contribution in [-0.2, 0) is 0 Å². The fourth-order valence-corrected chi connectivity index (χ4v) is 2.37. The summed E-state index contributed by atoms with van der Waals surface area (Å²) in [5, 5.41) is 12.4. The van der Waals surface area contributed by atoms with Gasteiger partial charge in [0.1, 0.15) is 23.8 Å². The zero-order valence-electron chi connectivity index (χ0n) is 14.5. The van der Waals surface area contributed by atoms with Gasteiger partial charge in [-0.1, -0.05) is 12.1 Å². The molecule has 130 valence electrons. The maximum atomic E-state index is 9.25. The predicted octanol–water partition coefficient (Wildman–Crippen LogP) is 3.52. The molecule has 0 saturated heterocycles. The molecule has 0 unspecified atom stereocenters. The van der Waals surface area contributed by atoms with E-state index in [1.807, 2.05) is 44.2 Å². The van der Waals surface area contributed by atoms with Crippen molar-refractivity contribution in [3.05, 3.63) is 54.6 Å². The third-order valence-corrected chi connectivity index (χ3v) is 3.53. The van der Waals surface area contributed by atoms with Gasteiger partial charge in [-0.15, -0.1) is 0 Å². The van der Waals surface area contributed by atoms with Gasteiger partial charge in [-0.05, 0) is 31.5 Å². The molecule has 0 atom stereocenters. The van der Waals surface area contributed by atoms with Crippen molar-refractivity contribution >= 4 is 17.2 Å². The summed E-state index contributed by atoms with van der Waals surface area (Å²) < 4.78 is 5.60. The second-order valence-corrected chi connectivity index (χ2v) is 5.88. The van der Waals surface area contributed by atoms with Gasteiger partial charge in [0.2, 0.25) is 5.88 Å². The lowest BCUT2D eigenvalue weighted by atomic mass is 10.1. The molecule has 0 amide bonds. The summed E-state index contributed by atoms with van der Waals surface area (Å²) in [5.74, 6) is 0.732. The molecular weight excluding hydrogens is 328 g/mol. The van der Waals surface area contributed by atoms with E-state index in [-0.39, 0.29) is 17.5 Å². The molecule has 1 aromatic carbocycles. The van der Waals surface area contributed by atoms with Crippen LogP contribution in [0.2, 0.25) is 0 Å². The monoisotopic (exact) mass is 346 g/mol. The van der Waals surface area contributed by atoms with E-state index in [4.69, 9.17) is 10.5 Å². The fourth-order valence-electron chi connectivity index (χ4n) is 2.37. The summed E-state index contributed by atoms with van der Waals surface area (Å²) in [6.45, 7) is 3.73. The van der Waals surface area contributed by atoms with Gasteiger partial charge in [-0.25, -0.2) is 9.97 Å². The number of nitrogens with zero attached hydrogens (tertiary/aromatic N) is 4. The molecule has 7 heteroatoms. The number of hydrogen-bond donors (Lipinski definition) is 2. The zero-order chi connectivity index (χ0) is 18.5. The fraction of sp³-hybridized carbons (Fsp3) is 0.158. The third kappa shape index (κ3) is 3.87. The van der Waals surface area contributed by atoms with Crippen molar-refractivity contribution in [2.24, 2.45) is 0 Å². The predicted molar refractivity (Wildman–Crippen MR) is 99.9 cm³/mol. The van der Waals surface area contributed by atoms with E-state index in [1.54, 1.807) is 18.5 Å². The van der Waals surface area contributed by atoms with Gasteiger partial charge in [0, 0.05) is 29.7 Å². The molecular formula is C19H18N6O. The van der Waals surface area contributed by atoms with Crippen molar-refractivity contribution in [1.82, 2.24) is 15.0 Å². The maximum absolute atomic E-state index is 9.25. The summed E-state index contributed by atoms with van der Waals surface area (Å²) in [5.41, 5.74) is 9.30. The number of nitrogens with two attached hydrogens (primary N) is 1. The van der Waals surface area contributed by atoms with Crippen molar-refractivity contribution in [2.45, 2.75) is 20.0 Å². The first-order valence-corrected chi connectivity index (χ1v) is 8.06. The highest BCUT2D eigenvalue weighted by Crippen LogP contribution is 2.28. The number of nitriles is 1. The Bertz CT molecular complexity index is 933. The molecule has 2 aromatic heterocycles. The Morgan fingerprint density at radius 2 is 1.81 bits per heavy atom. The van der Waals surface area contributed by atoms with Gasteiger partial charge in [0.15, 0.2) is 0 Å². The highest BCUT2D eigenvalue weighted by molar-refractivity contribution is 5.70.